The molecule has 1 atom stereocenters. The summed E-state index contributed by atoms with van der Waals surface area (Å²) in [7, 11) is 0. The van der Waals surface area contributed by atoms with Crippen molar-refractivity contribution in [2.24, 2.45) is 0 Å². The molecule has 0 saturated carbocycles. The Kier molecular flexibility index (Phi) is 47.5. The summed E-state index contributed by atoms with van der Waals surface area (Å²) in [5, 5.41) is 0. The molecule has 0 rings (SSSR count). The van der Waals surface area contributed by atoms with E-state index in [1.54, 1.807) is 0 Å². The molecule has 1 unspecified atom stereocenters. The van der Waals surface area contributed by atoms with Crippen molar-refractivity contribution in [3.05, 3.63) is 109 Å². The molecule has 0 heterocycles. The van der Waals surface area contributed by atoms with Crippen LogP contribution in [-0.4, -0.2) is 37.2 Å². The van der Waals surface area contributed by atoms with Crippen molar-refractivity contribution in [2.75, 3.05) is 13.2 Å². The van der Waals surface area contributed by atoms with Crippen LogP contribution in [0.1, 0.15) is 213 Å². The quantitative estimate of drug-likeness (QED) is 0.0263. The maximum Gasteiger partial charge on any atom is 0.306 e. The molecule has 0 aromatic rings. The van der Waals surface area contributed by atoms with E-state index in [-0.39, 0.29) is 37.5 Å². The van der Waals surface area contributed by atoms with Crippen LogP contribution in [0.2, 0.25) is 0 Å². The Morgan fingerprint density at radius 2 is 0.619 bits per heavy atom. The summed E-state index contributed by atoms with van der Waals surface area (Å²) in [6.45, 7) is 6.31. The Morgan fingerprint density at radius 3 is 1.02 bits per heavy atom. The topological polar surface area (TPSA) is 78.9 Å². The van der Waals surface area contributed by atoms with Gasteiger partial charge in [-0.05, 0) is 122 Å². The molecule has 0 aliphatic rings. The summed E-state index contributed by atoms with van der Waals surface area (Å²) in [5.41, 5.74) is 0. The number of ether oxygens (including phenoxy) is 3. The van der Waals surface area contributed by atoms with E-state index >= 15 is 0 Å². The van der Waals surface area contributed by atoms with Crippen LogP contribution in [-0.2, 0) is 28.6 Å². The van der Waals surface area contributed by atoms with Crippen LogP contribution in [0.4, 0.5) is 0 Å². The van der Waals surface area contributed by atoms with Crippen molar-refractivity contribution in [1.82, 2.24) is 0 Å². The maximum atomic E-state index is 12.8. The summed E-state index contributed by atoms with van der Waals surface area (Å²) in [4.78, 5) is 37.9. The minimum atomic E-state index is -0.816. The molecule has 0 saturated heterocycles. The maximum absolute atomic E-state index is 12.8. The second kappa shape index (κ2) is 50.7. The predicted octanol–water partition coefficient (Wildman–Crippen LogP) is 16.8. The average molecular weight is 873 g/mol. The van der Waals surface area contributed by atoms with Gasteiger partial charge in [0.25, 0.3) is 0 Å². The number of unbranched alkanes of at least 4 members (excludes halogenated alkanes) is 15. The molecular weight excluding hydrogens is 781 g/mol. The van der Waals surface area contributed by atoms with E-state index in [0.29, 0.717) is 12.8 Å². The van der Waals surface area contributed by atoms with Gasteiger partial charge in [-0.1, -0.05) is 182 Å². The summed E-state index contributed by atoms with van der Waals surface area (Å²) in [5.74, 6) is -1.01. The molecule has 0 aliphatic heterocycles. The van der Waals surface area contributed by atoms with Crippen molar-refractivity contribution in [2.45, 2.75) is 219 Å². The lowest BCUT2D eigenvalue weighted by Crippen LogP contribution is -2.30. The second-order valence-corrected chi connectivity index (χ2v) is 16.3. The van der Waals surface area contributed by atoms with Crippen LogP contribution in [0, 0.1) is 0 Å². The van der Waals surface area contributed by atoms with E-state index in [2.05, 4.69) is 130 Å². The number of hydrogen-bond acceptors (Lipinski definition) is 6. The SMILES string of the molecule is CC/C=C\C/C=C\C/C=C\C/C=C\C/C=C\CCCCCC(=O)OCC(COC(=O)CCCC/C=C\C/C=C\C/C=C\CC)OC(=O)CCCCC/C=C\CCCCCCCCC. The van der Waals surface area contributed by atoms with Crippen molar-refractivity contribution < 1.29 is 28.6 Å². The Labute approximate surface area is 387 Å². The molecule has 0 fully saturated rings. The number of carbonyl (C=O) groups is 3. The third-order valence-corrected chi connectivity index (χ3v) is 10.2. The van der Waals surface area contributed by atoms with Crippen molar-refractivity contribution in [3.63, 3.8) is 0 Å². The van der Waals surface area contributed by atoms with Gasteiger partial charge in [0, 0.05) is 19.3 Å². The van der Waals surface area contributed by atoms with Crippen molar-refractivity contribution in [1.29, 1.82) is 0 Å². The highest BCUT2D eigenvalue weighted by molar-refractivity contribution is 5.71. The van der Waals surface area contributed by atoms with E-state index in [9.17, 15) is 14.4 Å². The van der Waals surface area contributed by atoms with Crippen LogP contribution in [0.25, 0.3) is 0 Å². The van der Waals surface area contributed by atoms with Gasteiger partial charge in [0.2, 0.25) is 0 Å². The lowest BCUT2D eigenvalue weighted by atomic mass is 10.1. The van der Waals surface area contributed by atoms with Crippen LogP contribution in [0.3, 0.4) is 0 Å². The normalized spacial score (nSPS) is 13.0. The molecule has 0 N–H and O–H groups in total. The predicted molar refractivity (Wildman–Crippen MR) is 270 cm³/mol. The van der Waals surface area contributed by atoms with E-state index < -0.39 is 6.10 Å². The molecule has 0 aromatic heterocycles. The Morgan fingerprint density at radius 1 is 0.333 bits per heavy atom. The number of carbonyl (C=O) groups excluding carboxylic acids is 3. The minimum absolute atomic E-state index is 0.116. The van der Waals surface area contributed by atoms with Gasteiger partial charge < -0.3 is 14.2 Å². The zero-order valence-electron chi connectivity index (χ0n) is 40.5. The highest BCUT2D eigenvalue weighted by atomic mass is 16.6. The Bertz CT molecular complexity index is 1330. The first-order valence-electron chi connectivity index (χ1n) is 25.4. The van der Waals surface area contributed by atoms with Gasteiger partial charge in [-0.2, -0.15) is 0 Å². The highest BCUT2D eigenvalue weighted by Crippen LogP contribution is 2.12. The second-order valence-electron chi connectivity index (χ2n) is 16.3. The van der Waals surface area contributed by atoms with Gasteiger partial charge in [0.1, 0.15) is 13.2 Å². The summed E-state index contributed by atoms with van der Waals surface area (Å²) >= 11 is 0. The number of rotatable bonds is 44. The molecule has 356 valence electrons. The number of hydrogen-bond donors (Lipinski definition) is 0. The highest BCUT2D eigenvalue weighted by Gasteiger charge is 2.19. The van der Waals surface area contributed by atoms with Crippen molar-refractivity contribution >= 4 is 17.9 Å². The van der Waals surface area contributed by atoms with Gasteiger partial charge in [0.15, 0.2) is 6.10 Å². The van der Waals surface area contributed by atoms with Crippen LogP contribution in [0.15, 0.2) is 109 Å². The fraction of sp³-hybridized carbons (Fsp3) is 0.632. The molecule has 0 bridgehead atoms. The van der Waals surface area contributed by atoms with Gasteiger partial charge in [-0.15, -0.1) is 0 Å². The molecular formula is C57H92O6. The van der Waals surface area contributed by atoms with E-state index in [1.165, 1.54) is 44.9 Å². The summed E-state index contributed by atoms with van der Waals surface area (Å²) < 4.78 is 16.7. The lowest BCUT2D eigenvalue weighted by Gasteiger charge is -2.18. The first-order valence-corrected chi connectivity index (χ1v) is 25.4. The van der Waals surface area contributed by atoms with Gasteiger partial charge in [0.05, 0.1) is 0 Å². The van der Waals surface area contributed by atoms with Gasteiger partial charge >= 0.3 is 17.9 Å². The third-order valence-electron chi connectivity index (χ3n) is 10.2. The summed E-state index contributed by atoms with van der Waals surface area (Å²) in [6.07, 6.45) is 67.9. The largest absolute Gasteiger partial charge is 0.462 e. The van der Waals surface area contributed by atoms with E-state index in [0.717, 1.165) is 128 Å². The zero-order valence-corrected chi connectivity index (χ0v) is 40.5. The number of esters is 3. The first kappa shape index (κ1) is 59.1. The molecule has 0 spiro atoms. The van der Waals surface area contributed by atoms with Gasteiger partial charge in [-0.3, -0.25) is 14.4 Å². The van der Waals surface area contributed by atoms with Crippen LogP contribution >= 0.6 is 0 Å². The third kappa shape index (κ3) is 49.0. The van der Waals surface area contributed by atoms with E-state index in [1.807, 2.05) is 0 Å². The fourth-order valence-corrected chi connectivity index (χ4v) is 6.48. The molecule has 6 nitrogen and oxygen atoms in total. The van der Waals surface area contributed by atoms with Crippen LogP contribution in [0.5, 0.6) is 0 Å². The molecule has 0 amide bonds. The summed E-state index contributed by atoms with van der Waals surface area (Å²) in [6, 6.07) is 0. The van der Waals surface area contributed by atoms with Gasteiger partial charge in [-0.25, -0.2) is 0 Å². The molecule has 63 heavy (non-hydrogen) atoms. The molecule has 0 aromatic carbocycles. The zero-order chi connectivity index (χ0) is 45.8. The smallest absolute Gasteiger partial charge is 0.306 e. The fourth-order valence-electron chi connectivity index (χ4n) is 6.48. The minimum Gasteiger partial charge on any atom is -0.462 e. The Balaban J connectivity index is 4.51. The standard InChI is InChI=1S/C57H92O6/c1-4-7-10-13-16-19-22-25-27-28-29-30-31-33-35-38-41-44-47-50-56(59)62-53-54(52-61-55(58)49-46-43-40-37-34-24-21-18-15-12-9-6-3)63-57(60)51-48-45-42-39-36-32-26-23-20-17-14-11-8-5-2/h7,9-10,12,16,18-19,21,25,27,29-30,32-37,54H,4-6,8,11,13-15,17,20,22-24,26,28,31,38-53H2,1-3H3/b10-7-,12-9-,19-16-,21-18-,27-25-,30-29-,35-33-,36-32-,37-34-. The Hall–Kier alpha value is -3.93. The molecule has 0 radical (unpaired) electrons. The van der Waals surface area contributed by atoms with Crippen LogP contribution < -0.4 is 0 Å². The van der Waals surface area contributed by atoms with Crippen molar-refractivity contribution in [3.8, 4) is 0 Å². The average Bonchev–Trinajstić information content (AvgIpc) is 3.28. The lowest BCUT2D eigenvalue weighted by molar-refractivity contribution is -0.167. The van der Waals surface area contributed by atoms with E-state index in [4.69, 9.17) is 14.2 Å². The number of allylic oxidation sites excluding steroid dienone is 18. The molecule has 6 heteroatoms. The first-order chi connectivity index (χ1) is 31.0. The monoisotopic (exact) mass is 873 g/mol. The molecule has 0 aliphatic carbocycles.